The monoisotopic (exact) mass is 1410 g/mol. The Morgan fingerprint density at radius 1 is 0.257 bits per heavy atom. The highest BCUT2D eigenvalue weighted by Crippen LogP contribution is 2.54. The fraction of sp³-hybridized carbons (Fsp3) is 0.250. The minimum atomic E-state index is -0.193. The lowest BCUT2D eigenvalue weighted by atomic mass is 9.33. The van der Waals surface area contributed by atoms with Crippen molar-refractivity contribution in [3.63, 3.8) is 0 Å². The summed E-state index contributed by atoms with van der Waals surface area (Å²) in [6.45, 7) is 40.2. The molecular weight excluding hydrogens is 1320 g/mol. The van der Waals surface area contributed by atoms with E-state index in [0.29, 0.717) is 0 Å². The molecule has 0 saturated carbocycles. The molecule has 4 nitrogen and oxygen atoms in total. The summed E-state index contributed by atoms with van der Waals surface area (Å²) in [5, 5.41) is 4.99. The van der Waals surface area contributed by atoms with Gasteiger partial charge in [0.25, 0.3) is 6.71 Å². The van der Waals surface area contributed by atoms with Gasteiger partial charge in [0.05, 0.1) is 27.8 Å². The first kappa shape index (κ1) is 68.6. The van der Waals surface area contributed by atoms with Crippen LogP contribution in [-0.2, 0) is 37.9 Å². The summed E-state index contributed by atoms with van der Waals surface area (Å²) < 4.78 is 5.12. The van der Waals surface area contributed by atoms with E-state index in [9.17, 15) is 0 Å². The van der Waals surface area contributed by atoms with E-state index in [2.05, 4.69) is 404 Å². The van der Waals surface area contributed by atoms with E-state index < -0.39 is 0 Å². The van der Waals surface area contributed by atoms with Crippen LogP contribution in [0.3, 0.4) is 0 Å². The van der Waals surface area contributed by atoms with E-state index in [-0.39, 0.29) is 44.6 Å². The van der Waals surface area contributed by atoms with Crippen LogP contribution in [0.15, 0.2) is 267 Å². The molecule has 13 aromatic carbocycles. The van der Waals surface area contributed by atoms with Gasteiger partial charge < -0.3 is 18.9 Å². The summed E-state index contributed by atoms with van der Waals surface area (Å²) in [5.74, 6) is 0. The van der Waals surface area contributed by atoms with Crippen molar-refractivity contribution in [3.8, 4) is 55.9 Å². The molecule has 0 saturated heterocycles. The Hall–Kier alpha value is -10.9. The molecular formula is C104H99BN4. The molecule has 0 unspecified atom stereocenters. The van der Waals surface area contributed by atoms with Crippen LogP contribution in [0.25, 0.3) is 99.5 Å². The van der Waals surface area contributed by atoms with Gasteiger partial charge in [0.2, 0.25) is 0 Å². The minimum Gasteiger partial charge on any atom is -0.311 e. The molecule has 0 fully saturated rings. The third-order valence-corrected chi connectivity index (χ3v) is 25.5. The lowest BCUT2D eigenvalue weighted by Gasteiger charge is -2.44. The van der Waals surface area contributed by atoms with Crippen LogP contribution in [0.2, 0.25) is 0 Å². The summed E-state index contributed by atoms with van der Waals surface area (Å²) in [7, 11) is 0. The Morgan fingerprint density at radius 3 is 1.21 bits per heavy atom. The van der Waals surface area contributed by atoms with E-state index in [1.165, 1.54) is 149 Å². The number of fused-ring (bicyclic) bond motifs is 12. The first-order valence-corrected chi connectivity index (χ1v) is 39.7. The summed E-state index contributed by atoms with van der Waals surface area (Å²) in [4.78, 5) is 5.28. The number of anilines is 6. The zero-order valence-corrected chi connectivity index (χ0v) is 66.7. The molecule has 4 heterocycles. The van der Waals surface area contributed by atoms with Gasteiger partial charge in [-0.3, -0.25) is 0 Å². The van der Waals surface area contributed by atoms with Crippen LogP contribution < -0.4 is 26.2 Å². The highest BCUT2D eigenvalue weighted by atomic mass is 15.2. The van der Waals surface area contributed by atoms with Crippen molar-refractivity contribution in [3.05, 3.63) is 306 Å². The second-order valence-electron chi connectivity index (χ2n) is 38.1. The average molecular weight is 1420 g/mol. The zero-order valence-electron chi connectivity index (χ0n) is 66.7. The molecule has 0 radical (unpaired) electrons. The quantitative estimate of drug-likeness (QED) is 0.141. The van der Waals surface area contributed by atoms with Gasteiger partial charge >= 0.3 is 0 Å². The predicted molar refractivity (Wildman–Crippen MR) is 468 cm³/mol. The lowest BCUT2D eigenvalue weighted by Crippen LogP contribution is -2.61. The van der Waals surface area contributed by atoms with Gasteiger partial charge in [0, 0.05) is 61.4 Å². The van der Waals surface area contributed by atoms with E-state index in [1.54, 1.807) is 0 Å². The molecule has 2 aliphatic carbocycles. The van der Waals surface area contributed by atoms with Crippen LogP contribution in [0.1, 0.15) is 169 Å². The number of aromatic nitrogens is 2. The second-order valence-corrected chi connectivity index (χ2v) is 38.1. The zero-order chi connectivity index (χ0) is 75.5. The van der Waals surface area contributed by atoms with Crippen molar-refractivity contribution in [2.24, 2.45) is 0 Å². The first-order chi connectivity index (χ1) is 51.9. The molecule has 0 bridgehead atoms. The van der Waals surface area contributed by atoms with Crippen molar-refractivity contribution < 1.29 is 0 Å². The van der Waals surface area contributed by atoms with Gasteiger partial charge in [-0.2, -0.15) is 0 Å². The van der Waals surface area contributed by atoms with Crippen molar-refractivity contribution in [2.45, 2.75) is 168 Å². The number of benzene rings is 13. The Morgan fingerprint density at radius 2 is 0.651 bits per heavy atom. The summed E-state index contributed by atoms with van der Waals surface area (Å²) in [6, 6.07) is 105. The van der Waals surface area contributed by atoms with Crippen LogP contribution >= 0.6 is 0 Å². The number of rotatable bonds is 8. The first-order valence-electron chi connectivity index (χ1n) is 39.7. The van der Waals surface area contributed by atoms with Crippen LogP contribution in [0.4, 0.5) is 34.1 Å². The molecule has 5 heteroatoms. The molecule has 109 heavy (non-hydrogen) atoms. The van der Waals surface area contributed by atoms with E-state index in [4.69, 9.17) is 0 Å². The van der Waals surface area contributed by atoms with Crippen molar-refractivity contribution in [1.29, 1.82) is 0 Å². The van der Waals surface area contributed by atoms with Crippen LogP contribution in [0, 0.1) is 0 Å². The van der Waals surface area contributed by atoms with Gasteiger partial charge in [0.1, 0.15) is 0 Å². The summed E-state index contributed by atoms with van der Waals surface area (Å²) >= 11 is 0. The Bertz CT molecular complexity index is 6210. The SMILES string of the molecule is CC(C)(C)c1cccc(-c2ccc3c(c2)B2c4ccc(-n5c6ccccc6c6cc(-c7ccccc7)ccc65)cc4N(c4ccc(-c5ccc6c(c5)C(C)(C)CC6(C)C)cc4)c4cc(-n5c6ccc(C(C)(C)C)cc6c6cc(C(C)(C)C)ccc65)cc(c42)N3c2ccc(-c3ccc4c(c3)C(C)(C)CC4(C)C)cc2)c1. The van der Waals surface area contributed by atoms with Crippen molar-refractivity contribution in [1.82, 2.24) is 9.13 Å². The van der Waals surface area contributed by atoms with Crippen LogP contribution in [-0.4, -0.2) is 15.8 Å². The molecule has 538 valence electrons. The lowest BCUT2D eigenvalue weighted by molar-refractivity contribution is 0.402. The second kappa shape index (κ2) is 23.8. The minimum absolute atomic E-state index is 0.0388. The maximum absolute atomic E-state index is 2.65. The number of hydrogen-bond acceptors (Lipinski definition) is 2. The normalized spacial score (nSPS) is 15.9. The molecule has 0 N–H and O–H groups in total. The number of hydrogen-bond donors (Lipinski definition) is 0. The average Bonchev–Trinajstić information content (AvgIpc) is 1.06. The molecule has 0 amide bonds. The Kier molecular flexibility index (Phi) is 15.0. The predicted octanol–water partition coefficient (Wildman–Crippen LogP) is 26.4. The Labute approximate surface area is 645 Å². The molecule has 2 aromatic heterocycles. The largest absolute Gasteiger partial charge is 0.311 e. The Balaban J connectivity index is 0.906. The molecule has 19 rings (SSSR count). The standard InChI is InChI=1S/C104H99BN4/c1-98(2,3)72-27-23-26-67(52-72)71-37-49-93-88(56-71)105-87-47-44-77(108-89-29-22-21-28-79(89)80-53-68(36-48-90(80)108)64-24-19-18-20-25-64)59-94(87)107(76-42-32-66(33-43-76)70-35-46-84-86(55-70)104(16,17)63-102(84,12)13)96-61-78(109-91-50-38-73(99(4,5)6)57-81(91)82-58-74(100(7,8)9)39-51-92(82)109)60-95(97(96)105)106(93)75-40-30-65(31-41-75)69-34-45-83-85(54-69)103(14,15)62-101(83,10)11/h18-61H,62-63H2,1-17H3. The summed E-state index contributed by atoms with van der Waals surface area (Å²) in [5.41, 5.74) is 37.3. The van der Waals surface area contributed by atoms with E-state index in [1.807, 2.05) is 0 Å². The maximum Gasteiger partial charge on any atom is 0.252 e. The molecule has 4 aliphatic rings. The number of nitrogens with zero attached hydrogens (tertiary/aromatic N) is 4. The van der Waals surface area contributed by atoms with Crippen molar-refractivity contribution >= 4 is 101 Å². The molecule has 15 aromatic rings. The van der Waals surface area contributed by atoms with Gasteiger partial charge in [0.15, 0.2) is 0 Å². The fourth-order valence-corrected chi connectivity index (χ4v) is 20.4. The highest BCUT2D eigenvalue weighted by Gasteiger charge is 2.47. The number of para-hydroxylation sites is 1. The van der Waals surface area contributed by atoms with Gasteiger partial charge in [-0.05, 0) is 248 Å². The van der Waals surface area contributed by atoms with Crippen LogP contribution in [0.5, 0.6) is 0 Å². The van der Waals surface area contributed by atoms with E-state index >= 15 is 0 Å². The summed E-state index contributed by atoms with van der Waals surface area (Å²) in [6.07, 6.45) is 2.25. The molecule has 2 aliphatic heterocycles. The third kappa shape index (κ3) is 11.0. The molecule has 0 atom stereocenters. The topological polar surface area (TPSA) is 16.3 Å². The fourth-order valence-electron chi connectivity index (χ4n) is 20.4. The molecule has 0 spiro atoms. The smallest absolute Gasteiger partial charge is 0.252 e. The van der Waals surface area contributed by atoms with E-state index in [0.717, 1.165) is 52.7 Å². The third-order valence-electron chi connectivity index (χ3n) is 25.5. The van der Waals surface area contributed by atoms with Gasteiger partial charge in [-0.1, -0.05) is 288 Å². The maximum atomic E-state index is 2.65. The van der Waals surface area contributed by atoms with Gasteiger partial charge in [-0.25, -0.2) is 0 Å². The van der Waals surface area contributed by atoms with Gasteiger partial charge in [-0.15, -0.1) is 0 Å². The highest BCUT2D eigenvalue weighted by molar-refractivity contribution is 7.00. The van der Waals surface area contributed by atoms with Crippen molar-refractivity contribution in [2.75, 3.05) is 9.80 Å².